The first-order valence-corrected chi connectivity index (χ1v) is 8.19. The Kier molecular flexibility index (Phi) is 42.8. The fourth-order valence-electron chi connectivity index (χ4n) is 1.15. The van der Waals surface area contributed by atoms with Gasteiger partial charge in [0.1, 0.15) is 0 Å². The molecule has 0 unspecified atom stereocenters. The largest absolute Gasteiger partial charge is 0.403 e. The lowest BCUT2D eigenvalue weighted by atomic mass is 10.2. The van der Waals surface area contributed by atoms with Crippen LogP contribution in [0.2, 0.25) is 0 Å². The fourth-order valence-corrected chi connectivity index (χ4v) is 1.15. The maximum Gasteiger partial charge on any atom is 0.0445 e. The van der Waals surface area contributed by atoms with E-state index in [4.69, 9.17) is 11.6 Å². The highest BCUT2D eigenvalue weighted by Gasteiger charge is 2.02. The lowest BCUT2D eigenvalue weighted by molar-refractivity contribution is 0.335. The molecule has 4 N–H and O–H groups in total. The first-order valence-electron chi connectivity index (χ1n) is 8.19. The minimum absolute atomic E-state index is 0.906. The number of hydrogen-bond acceptors (Lipinski definition) is 3. The summed E-state index contributed by atoms with van der Waals surface area (Å²) in [5.41, 5.74) is 6.57. The molecule has 0 fully saturated rings. The van der Waals surface area contributed by atoms with E-state index in [1.54, 1.807) is 11.2 Å². The molecule has 19 heavy (non-hydrogen) atoms. The molecule has 0 radical (unpaired) electrons. The molecule has 0 amide bonds. The Morgan fingerprint density at radius 1 is 0.895 bits per heavy atom. The smallest absolute Gasteiger partial charge is 0.0445 e. The number of hydrogen-bond donors (Lipinski definition) is 2. The second kappa shape index (κ2) is 30.4. The Morgan fingerprint density at radius 3 is 1.63 bits per heavy atom. The second-order valence-corrected chi connectivity index (χ2v) is 3.31. The van der Waals surface area contributed by atoms with Crippen molar-refractivity contribution in [1.82, 2.24) is 5.01 Å². The number of nitrogens with two attached hydrogens (primary N) is 2. The van der Waals surface area contributed by atoms with E-state index in [0.29, 0.717) is 0 Å². The molecule has 0 aliphatic carbocycles. The zero-order valence-electron chi connectivity index (χ0n) is 14.9. The van der Waals surface area contributed by atoms with E-state index in [1.165, 1.54) is 12.8 Å². The van der Waals surface area contributed by atoms with Gasteiger partial charge in [0.25, 0.3) is 0 Å². The molecule has 0 bridgehead atoms. The van der Waals surface area contributed by atoms with Gasteiger partial charge in [0, 0.05) is 18.4 Å². The van der Waals surface area contributed by atoms with Gasteiger partial charge in [-0.3, -0.25) is 0 Å². The lowest BCUT2D eigenvalue weighted by Gasteiger charge is -2.21. The first-order chi connectivity index (χ1) is 9.26. The number of hydrazine groups is 1. The van der Waals surface area contributed by atoms with Crippen LogP contribution >= 0.6 is 0 Å². The fraction of sp³-hybridized carbons (Fsp3) is 0.875. The normalized spacial score (nSPS) is 9.00. The van der Waals surface area contributed by atoms with Crippen LogP contribution in [0.4, 0.5) is 0 Å². The molecule has 0 aromatic rings. The standard InChI is InChI=1S/C10H23N3.3C2H6/c1-3-5-7-10(9-11)13(12)8-6-4-2;3*1-2/h9H,3-8,11-12H2,1-2H3;3*1-2H3/b10-9-;;;. The van der Waals surface area contributed by atoms with Gasteiger partial charge in [-0.05, 0) is 19.3 Å². The van der Waals surface area contributed by atoms with E-state index in [9.17, 15) is 0 Å². The van der Waals surface area contributed by atoms with Gasteiger partial charge in [-0.25, -0.2) is 5.84 Å². The van der Waals surface area contributed by atoms with E-state index < -0.39 is 0 Å². The Labute approximate surface area is 123 Å². The summed E-state index contributed by atoms with van der Waals surface area (Å²) >= 11 is 0. The molecule has 0 saturated carbocycles. The van der Waals surface area contributed by atoms with Gasteiger partial charge >= 0.3 is 0 Å². The third-order valence-corrected chi connectivity index (χ3v) is 2.10. The Hall–Kier alpha value is -0.700. The zero-order valence-corrected chi connectivity index (χ0v) is 14.9. The third-order valence-electron chi connectivity index (χ3n) is 2.10. The molecule has 0 aliphatic rings. The van der Waals surface area contributed by atoms with Gasteiger partial charge < -0.3 is 10.7 Å². The topological polar surface area (TPSA) is 55.3 Å². The van der Waals surface area contributed by atoms with Crippen LogP contribution < -0.4 is 11.6 Å². The van der Waals surface area contributed by atoms with Gasteiger partial charge in [-0.1, -0.05) is 68.2 Å². The van der Waals surface area contributed by atoms with Crippen molar-refractivity contribution in [2.45, 2.75) is 87.5 Å². The predicted octanol–water partition coefficient (Wildman–Crippen LogP) is 5.03. The summed E-state index contributed by atoms with van der Waals surface area (Å²) in [6, 6.07) is 0. The molecule has 0 spiro atoms. The highest BCUT2D eigenvalue weighted by Crippen LogP contribution is 2.09. The minimum Gasteiger partial charge on any atom is -0.403 e. The maximum absolute atomic E-state index is 5.84. The number of allylic oxidation sites excluding steroid dienone is 1. The summed E-state index contributed by atoms with van der Waals surface area (Å²) in [6.07, 6.45) is 7.25. The molecule has 0 rings (SSSR count). The van der Waals surface area contributed by atoms with Crippen LogP contribution in [0, 0.1) is 0 Å². The van der Waals surface area contributed by atoms with Crippen molar-refractivity contribution in [3.05, 3.63) is 11.9 Å². The van der Waals surface area contributed by atoms with E-state index in [1.807, 2.05) is 41.5 Å². The van der Waals surface area contributed by atoms with E-state index in [2.05, 4.69) is 13.8 Å². The van der Waals surface area contributed by atoms with Crippen LogP contribution in [0.15, 0.2) is 11.9 Å². The Bertz CT molecular complexity index is 145. The second-order valence-electron chi connectivity index (χ2n) is 3.31. The molecular formula is C16H41N3. The highest BCUT2D eigenvalue weighted by atomic mass is 15.4. The first kappa shape index (κ1) is 26.8. The van der Waals surface area contributed by atoms with Gasteiger partial charge in [0.2, 0.25) is 0 Å². The average molecular weight is 276 g/mol. The number of nitrogens with zero attached hydrogens (tertiary/aromatic N) is 1. The maximum atomic E-state index is 5.84. The van der Waals surface area contributed by atoms with Crippen molar-refractivity contribution in [2.75, 3.05) is 6.54 Å². The van der Waals surface area contributed by atoms with Crippen molar-refractivity contribution in [3.63, 3.8) is 0 Å². The molecule has 0 aliphatic heterocycles. The highest BCUT2D eigenvalue weighted by molar-refractivity contribution is 4.96. The molecule has 0 aromatic heterocycles. The molecule has 120 valence electrons. The molecule has 0 atom stereocenters. The number of rotatable bonds is 7. The third kappa shape index (κ3) is 22.9. The zero-order chi connectivity index (χ0) is 16.1. The van der Waals surface area contributed by atoms with Crippen molar-refractivity contribution < 1.29 is 0 Å². The van der Waals surface area contributed by atoms with E-state index in [-0.39, 0.29) is 0 Å². The summed E-state index contributed by atoms with van der Waals surface area (Å²) in [4.78, 5) is 0. The lowest BCUT2D eigenvalue weighted by Crippen LogP contribution is -2.31. The summed E-state index contributed by atoms with van der Waals surface area (Å²) < 4.78 is 0. The Balaban J connectivity index is -0.000000163. The van der Waals surface area contributed by atoms with E-state index >= 15 is 0 Å². The molecular weight excluding hydrogens is 234 g/mol. The monoisotopic (exact) mass is 275 g/mol. The van der Waals surface area contributed by atoms with Crippen molar-refractivity contribution in [3.8, 4) is 0 Å². The SMILES string of the molecule is CC.CC.CC.CCCC/C(=C/N)N(N)CCCC. The summed E-state index contributed by atoms with van der Waals surface area (Å²) in [7, 11) is 0. The average Bonchev–Trinajstić information content (AvgIpc) is 2.52. The van der Waals surface area contributed by atoms with Crippen LogP contribution in [0.5, 0.6) is 0 Å². The Morgan fingerprint density at radius 2 is 1.32 bits per heavy atom. The molecule has 3 nitrogen and oxygen atoms in total. The van der Waals surface area contributed by atoms with E-state index in [0.717, 1.165) is 31.5 Å². The van der Waals surface area contributed by atoms with Crippen LogP contribution in [0.25, 0.3) is 0 Å². The summed E-state index contributed by atoms with van der Waals surface area (Å²) in [5, 5.41) is 1.78. The van der Waals surface area contributed by atoms with Crippen molar-refractivity contribution in [1.29, 1.82) is 0 Å². The van der Waals surface area contributed by atoms with Crippen LogP contribution in [-0.2, 0) is 0 Å². The molecule has 0 heterocycles. The quantitative estimate of drug-likeness (QED) is 0.506. The minimum atomic E-state index is 0.906. The van der Waals surface area contributed by atoms with Gasteiger partial charge in [0.15, 0.2) is 0 Å². The van der Waals surface area contributed by atoms with Gasteiger partial charge in [0.05, 0.1) is 0 Å². The van der Waals surface area contributed by atoms with Crippen molar-refractivity contribution >= 4 is 0 Å². The predicted molar refractivity (Wildman–Crippen MR) is 91.6 cm³/mol. The number of unbranched alkanes of at least 4 members (excludes halogenated alkanes) is 2. The van der Waals surface area contributed by atoms with Gasteiger partial charge in [-0.15, -0.1) is 0 Å². The van der Waals surface area contributed by atoms with Crippen LogP contribution in [0.3, 0.4) is 0 Å². The summed E-state index contributed by atoms with van der Waals surface area (Å²) in [6.45, 7) is 17.2. The molecule has 0 aromatic carbocycles. The molecule has 3 heteroatoms. The summed E-state index contributed by atoms with van der Waals surface area (Å²) in [5.74, 6) is 5.84. The van der Waals surface area contributed by atoms with Gasteiger partial charge in [-0.2, -0.15) is 0 Å². The van der Waals surface area contributed by atoms with Crippen molar-refractivity contribution in [2.24, 2.45) is 11.6 Å². The van der Waals surface area contributed by atoms with Crippen LogP contribution in [0.1, 0.15) is 87.5 Å². The van der Waals surface area contributed by atoms with Crippen LogP contribution in [-0.4, -0.2) is 11.6 Å². The molecule has 0 saturated heterocycles.